The zero-order chi connectivity index (χ0) is 17.4. The predicted molar refractivity (Wildman–Crippen MR) is 97.1 cm³/mol. The van der Waals surface area contributed by atoms with Gasteiger partial charge in [-0.3, -0.25) is 4.68 Å². The fourth-order valence-corrected chi connectivity index (χ4v) is 3.44. The average Bonchev–Trinajstić information content (AvgIpc) is 2.93. The minimum Gasteiger partial charge on any atom is -0.507 e. The number of benzene rings is 1. The number of nitrogen functional groups attached to an aromatic ring is 1. The molecule has 3 heterocycles. The topological polar surface area (TPSA) is 93.1 Å². The van der Waals surface area contributed by atoms with Gasteiger partial charge in [-0.2, -0.15) is 5.10 Å². The second-order valence-electron chi connectivity index (χ2n) is 6.79. The Kier molecular flexibility index (Phi) is 4.01. The van der Waals surface area contributed by atoms with Gasteiger partial charge >= 0.3 is 0 Å². The molecule has 1 aliphatic heterocycles. The molecule has 4 rings (SSSR count). The van der Waals surface area contributed by atoms with Crippen LogP contribution < -0.4 is 5.73 Å². The molecule has 130 valence electrons. The minimum absolute atomic E-state index is 0.186. The predicted octanol–water partition coefficient (Wildman–Crippen LogP) is 2.12. The number of phenols is 1. The number of anilines is 1. The van der Waals surface area contributed by atoms with Gasteiger partial charge in [0.05, 0.1) is 11.2 Å². The van der Waals surface area contributed by atoms with Crippen molar-refractivity contribution in [2.24, 2.45) is 5.92 Å². The quantitative estimate of drug-likeness (QED) is 0.760. The van der Waals surface area contributed by atoms with E-state index >= 15 is 0 Å². The van der Waals surface area contributed by atoms with Crippen LogP contribution in [0.25, 0.3) is 22.3 Å². The summed E-state index contributed by atoms with van der Waals surface area (Å²) in [7, 11) is 2.16. The molecule has 25 heavy (non-hydrogen) atoms. The zero-order valence-corrected chi connectivity index (χ0v) is 14.3. The first-order chi connectivity index (χ1) is 12.1. The van der Waals surface area contributed by atoms with Gasteiger partial charge in [-0.25, -0.2) is 0 Å². The molecular weight excluding hydrogens is 316 g/mol. The van der Waals surface area contributed by atoms with Crippen molar-refractivity contribution >= 4 is 16.9 Å². The van der Waals surface area contributed by atoms with E-state index in [0.717, 1.165) is 38.0 Å². The van der Waals surface area contributed by atoms with Gasteiger partial charge in [0.25, 0.3) is 0 Å². The van der Waals surface area contributed by atoms with Crippen LogP contribution in [0.15, 0.2) is 30.3 Å². The molecule has 0 spiro atoms. The molecule has 0 amide bonds. The van der Waals surface area contributed by atoms with E-state index in [1.165, 1.54) is 0 Å². The summed E-state index contributed by atoms with van der Waals surface area (Å²) < 4.78 is 1.94. The Morgan fingerprint density at radius 2 is 1.96 bits per heavy atom. The SMILES string of the molecule is CN1CCC(Cn2nc(N)c3nnc(-c4ccccc4O)cc32)CC1. The number of hydrogen-bond donors (Lipinski definition) is 2. The van der Waals surface area contributed by atoms with Crippen LogP contribution >= 0.6 is 0 Å². The number of nitrogens with two attached hydrogens (primary N) is 1. The fraction of sp³-hybridized carbons (Fsp3) is 0.389. The van der Waals surface area contributed by atoms with Gasteiger partial charge in [0.1, 0.15) is 5.75 Å². The summed E-state index contributed by atoms with van der Waals surface area (Å²) in [6.45, 7) is 3.05. The molecule has 3 aromatic rings. The first kappa shape index (κ1) is 15.8. The molecule has 1 fully saturated rings. The lowest BCUT2D eigenvalue weighted by molar-refractivity contribution is 0.203. The Hall–Kier alpha value is -2.67. The van der Waals surface area contributed by atoms with Crippen molar-refractivity contribution in [3.8, 4) is 17.0 Å². The van der Waals surface area contributed by atoms with E-state index in [0.29, 0.717) is 28.5 Å². The molecule has 0 radical (unpaired) electrons. The summed E-state index contributed by atoms with van der Waals surface area (Å²) in [5.74, 6) is 1.17. The summed E-state index contributed by atoms with van der Waals surface area (Å²) in [6, 6.07) is 9.03. The molecule has 0 aliphatic carbocycles. The highest BCUT2D eigenvalue weighted by molar-refractivity contribution is 5.87. The van der Waals surface area contributed by atoms with Gasteiger partial charge in [0.2, 0.25) is 0 Å². The van der Waals surface area contributed by atoms with E-state index < -0.39 is 0 Å². The van der Waals surface area contributed by atoms with Crippen LogP contribution in [0.1, 0.15) is 12.8 Å². The minimum atomic E-state index is 0.186. The van der Waals surface area contributed by atoms with Gasteiger partial charge in [-0.1, -0.05) is 12.1 Å². The number of hydrogen-bond acceptors (Lipinski definition) is 6. The van der Waals surface area contributed by atoms with Crippen molar-refractivity contribution < 1.29 is 5.11 Å². The first-order valence-electron chi connectivity index (χ1n) is 8.58. The molecule has 0 unspecified atom stereocenters. The standard InChI is InChI=1S/C18H22N6O/c1-23-8-6-12(7-9-23)11-24-15-10-14(13-4-2-3-5-16(13)25)20-21-17(15)18(19)22-24/h2-5,10,12,25H,6-9,11H2,1H3,(H2,19,22). The highest BCUT2D eigenvalue weighted by Crippen LogP contribution is 2.30. The van der Waals surface area contributed by atoms with Crippen LogP contribution in [-0.4, -0.2) is 50.1 Å². The van der Waals surface area contributed by atoms with Gasteiger partial charge in [0, 0.05) is 12.1 Å². The molecule has 0 bridgehead atoms. The van der Waals surface area contributed by atoms with E-state index in [-0.39, 0.29) is 5.75 Å². The molecule has 1 aliphatic rings. The maximum absolute atomic E-state index is 10.1. The van der Waals surface area contributed by atoms with E-state index in [9.17, 15) is 5.11 Å². The maximum Gasteiger partial charge on any atom is 0.174 e. The number of aromatic hydroxyl groups is 1. The molecule has 1 saturated heterocycles. The van der Waals surface area contributed by atoms with E-state index in [1.807, 2.05) is 22.9 Å². The number of para-hydroxylation sites is 1. The van der Waals surface area contributed by atoms with Crippen LogP contribution in [0.5, 0.6) is 5.75 Å². The number of nitrogens with zero attached hydrogens (tertiary/aromatic N) is 5. The third-order valence-corrected chi connectivity index (χ3v) is 4.97. The Morgan fingerprint density at radius 3 is 2.72 bits per heavy atom. The molecule has 7 heteroatoms. The Morgan fingerprint density at radius 1 is 1.20 bits per heavy atom. The zero-order valence-electron chi connectivity index (χ0n) is 14.3. The third kappa shape index (κ3) is 3.02. The summed E-state index contributed by atoms with van der Waals surface area (Å²) in [6.07, 6.45) is 2.31. The van der Waals surface area contributed by atoms with Crippen LogP contribution in [-0.2, 0) is 6.54 Å². The van der Waals surface area contributed by atoms with Gasteiger partial charge < -0.3 is 15.7 Å². The Labute approximate surface area is 146 Å². The number of fused-ring (bicyclic) bond motifs is 1. The summed E-state index contributed by atoms with van der Waals surface area (Å²) in [5.41, 5.74) is 8.79. The molecule has 3 N–H and O–H groups in total. The maximum atomic E-state index is 10.1. The molecule has 2 aromatic heterocycles. The molecule has 1 aromatic carbocycles. The Balaban J connectivity index is 1.70. The van der Waals surface area contributed by atoms with Crippen LogP contribution in [0.3, 0.4) is 0 Å². The fourth-order valence-electron chi connectivity index (χ4n) is 3.44. The number of likely N-dealkylation sites (tertiary alicyclic amines) is 1. The largest absolute Gasteiger partial charge is 0.507 e. The summed E-state index contributed by atoms with van der Waals surface area (Å²) >= 11 is 0. The monoisotopic (exact) mass is 338 g/mol. The molecule has 0 saturated carbocycles. The highest BCUT2D eigenvalue weighted by atomic mass is 16.3. The van der Waals surface area contributed by atoms with Crippen molar-refractivity contribution in [1.82, 2.24) is 24.9 Å². The third-order valence-electron chi connectivity index (χ3n) is 4.97. The highest BCUT2D eigenvalue weighted by Gasteiger charge is 2.20. The van der Waals surface area contributed by atoms with Gasteiger partial charge in [-0.15, -0.1) is 10.2 Å². The van der Waals surface area contributed by atoms with Crippen molar-refractivity contribution in [2.75, 3.05) is 25.9 Å². The number of aromatic nitrogens is 4. The number of piperidine rings is 1. The smallest absolute Gasteiger partial charge is 0.174 e. The van der Waals surface area contributed by atoms with Gasteiger partial charge in [-0.05, 0) is 57.1 Å². The molecule has 0 atom stereocenters. The number of phenolic OH excluding ortho intramolecular Hbond substituents is 1. The van der Waals surface area contributed by atoms with E-state index in [1.54, 1.807) is 12.1 Å². The van der Waals surface area contributed by atoms with Crippen molar-refractivity contribution in [3.63, 3.8) is 0 Å². The summed E-state index contributed by atoms with van der Waals surface area (Å²) in [4.78, 5) is 2.35. The van der Waals surface area contributed by atoms with Crippen molar-refractivity contribution in [2.45, 2.75) is 19.4 Å². The molecule has 7 nitrogen and oxygen atoms in total. The summed E-state index contributed by atoms with van der Waals surface area (Å²) in [5, 5.41) is 23.0. The lowest BCUT2D eigenvalue weighted by Gasteiger charge is -2.28. The van der Waals surface area contributed by atoms with E-state index in [2.05, 4.69) is 27.2 Å². The lowest BCUT2D eigenvalue weighted by atomic mass is 9.97. The van der Waals surface area contributed by atoms with Crippen LogP contribution in [0.4, 0.5) is 5.82 Å². The second kappa shape index (κ2) is 6.33. The Bertz CT molecular complexity index is 898. The van der Waals surface area contributed by atoms with Crippen LogP contribution in [0.2, 0.25) is 0 Å². The number of rotatable bonds is 3. The van der Waals surface area contributed by atoms with Crippen molar-refractivity contribution in [3.05, 3.63) is 30.3 Å². The van der Waals surface area contributed by atoms with Crippen molar-refractivity contribution in [1.29, 1.82) is 0 Å². The normalized spacial score (nSPS) is 16.5. The van der Waals surface area contributed by atoms with Crippen LogP contribution in [0, 0.1) is 5.92 Å². The first-order valence-corrected chi connectivity index (χ1v) is 8.58. The molecular formula is C18H22N6O. The van der Waals surface area contributed by atoms with E-state index in [4.69, 9.17) is 5.73 Å². The lowest BCUT2D eigenvalue weighted by Crippen LogP contribution is -2.32. The average molecular weight is 338 g/mol. The van der Waals surface area contributed by atoms with Gasteiger partial charge in [0.15, 0.2) is 11.3 Å². The second-order valence-corrected chi connectivity index (χ2v) is 6.79.